The lowest BCUT2D eigenvalue weighted by atomic mass is 10.1. The van der Waals surface area contributed by atoms with E-state index in [1.165, 1.54) is 4.88 Å². The van der Waals surface area contributed by atoms with Gasteiger partial charge in [0.15, 0.2) is 5.65 Å². The fourth-order valence-corrected chi connectivity index (χ4v) is 3.54. The van der Waals surface area contributed by atoms with Crippen molar-refractivity contribution in [2.45, 2.75) is 6.54 Å². The van der Waals surface area contributed by atoms with Crippen LogP contribution in [0.1, 0.15) is 4.88 Å². The number of benzene rings is 1. The summed E-state index contributed by atoms with van der Waals surface area (Å²) in [4.78, 5) is 7.96. The molecule has 0 fully saturated rings. The van der Waals surface area contributed by atoms with Gasteiger partial charge in [-0.1, -0.05) is 24.3 Å². The summed E-state index contributed by atoms with van der Waals surface area (Å²) in [6, 6.07) is 14.5. The maximum absolute atomic E-state index is 4.57. The van der Waals surface area contributed by atoms with Gasteiger partial charge in [0.05, 0.1) is 12.7 Å². The molecule has 0 saturated heterocycles. The Morgan fingerprint density at radius 2 is 1.96 bits per heavy atom. The molecule has 0 amide bonds. The minimum atomic E-state index is 0.778. The summed E-state index contributed by atoms with van der Waals surface area (Å²) in [5.41, 5.74) is 4.16. The van der Waals surface area contributed by atoms with Crippen molar-refractivity contribution in [3.05, 3.63) is 65.1 Å². The fourth-order valence-electron chi connectivity index (χ4n) is 2.90. The van der Waals surface area contributed by atoms with Crippen LogP contribution < -0.4 is 10.2 Å². The molecule has 0 aliphatic rings. The Bertz CT molecular complexity index is 988. The number of fused-ring (bicyclic) bond motifs is 1. The van der Waals surface area contributed by atoms with Gasteiger partial charge in [-0.15, -0.1) is 11.3 Å². The van der Waals surface area contributed by atoms with Crippen LogP contribution in [0, 0.1) is 0 Å². The first-order valence-corrected chi connectivity index (χ1v) is 8.98. The number of nitrogens with zero attached hydrogens (tertiary/aromatic N) is 4. The molecule has 3 aromatic heterocycles. The number of nitrogens with one attached hydrogen (secondary N) is 1. The van der Waals surface area contributed by atoms with Gasteiger partial charge in [-0.25, -0.2) is 4.98 Å². The lowest BCUT2D eigenvalue weighted by molar-refractivity contribution is 0.928. The first-order valence-electron chi connectivity index (χ1n) is 8.10. The summed E-state index contributed by atoms with van der Waals surface area (Å²) in [6.07, 6.45) is 3.72. The largest absolute Gasteiger partial charge is 0.377 e. The Morgan fingerprint density at radius 3 is 2.76 bits per heavy atom. The van der Waals surface area contributed by atoms with Crippen molar-refractivity contribution in [1.29, 1.82) is 0 Å². The predicted octanol–water partition coefficient (Wildman–Crippen LogP) is 4.14. The molecule has 126 valence electrons. The number of hydrogen-bond donors (Lipinski definition) is 1. The van der Waals surface area contributed by atoms with Crippen LogP contribution in [0.15, 0.2) is 60.2 Å². The third-order valence-electron chi connectivity index (χ3n) is 4.10. The van der Waals surface area contributed by atoms with Gasteiger partial charge in [0, 0.05) is 42.0 Å². The van der Waals surface area contributed by atoms with E-state index in [4.69, 9.17) is 0 Å². The topological polar surface area (TPSA) is 45.5 Å². The highest BCUT2D eigenvalue weighted by Crippen LogP contribution is 2.32. The Kier molecular flexibility index (Phi) is 4.11. The van der Waals surface area contributed by atoms with Crippen molar-refractivity contribution in [2.75, 3.05) is 24.3 Å². The highest BCUT2D eigenvalue weighted by Gasteiger charge is 2.14. The molecule has 1 aromatic carbocycles. The molecule has 3 heterocycles. The quantitative estimate of drug-likeness (QED) is 0.588. The van der Waals surface area contributed by atoms with E-state index in [1.807, 2.05) is 49.2 Å². The minimum absolute atomic E-state index is 0.778. The van der Waals surface area contributed by atoms with Crippen LogP contribution in [0.3, 0.4) is 0 Å². The molecule has 0 spiro atoms. The number of para-hydroxylation sites is 1. The SMILES string of the molecule is CN(C)c1ccccc1-c1cnn2c(NCc3cccs3)ccnc12. The van der Waals surface area contributed by atoms with Crippen LogP contribution in [0.25, 0.3) is 16.8 Å². The smallest absolute Gasteiger partial charge is 0.165 e. The summed E-state index contributed by atoms with van der Waals surface area (Å²) in [5.74, 6) is 0.937. The summed E-state index contributed by atoms with van der Waals surface area (Å²) < 4.78 is 1.87. The Labute approximate surface area is 150 Å². The normalized spacial score (nSPS) is 11.0. The molecule has 25 heavy (non-hydrogen) atoms. The summed E-state index contributed by atoms with van der Waals surface area (Å²) in [5, 5.41) is 10.1. The molecular formula is C19H19N5S. The standard InChI is InChI=1S/C19H19N5S/c1-23(2)17-8-4-3-7-15(17)16-13-22-24-18(9-10-20-19(16)24)21-12-14-6-5-11-25-14/h3-11,13,21H,12H2,1-2H3. The molecule has 0 saturated carbocycles. The van der Waals surface area contributed by atoms with Crippen molar-refractivity contribution in [1.82, 2.24) is 14.6 Å². The van der Waals surface area contributed by atoms with Gasteiger partial charge in [-0.05, 0) is 23.6 Å². The molecule has 4 aromatic rings. The second-order valence-electron chi connectivity index (χ2n) is 5.97. The van der Waals surface area contributed by atoms with E-state index in [0.29, 0.717) is 0 Å². The molecule has 0 aliphatic carbocycles. The molecule has 0 bridgehead atoms. The number of rotatable bonds is 5. The van der Waals surface area contributed by atoms with Crippen LogP contribution in [0.4, 0.5) is 11.5 Å². The van der Waals surface area contributed by atoms with Crippen molar-refractivity contribution in [3.8, 4) is 11.1 Å². The zero-order chi connectivity index (χ0) is 17.2. The van der Waals surface area contributed by atoms with Crippen LogP contribution in [0.5, 0.6) is 0 Å². The third-order valence-corrected chi connectivity index (χ3v) is 4.98. The highest BCUT2D eigenvalue weighted by atomic mass is 32.1. The summed E-state index contributed by atoms with van der Waals surface area (Å²) in [6.45, 7) is 0.778. The average Bonchev–Trinajstić information content (AvgIpc) is 3.29. The van der Waals surface area contributed by atoms with E-state index in [-0.39, 0.29) is 0 Å². The lowest BCUT2D eigenvalue weighted by Gasteiger charge is -2.16. The first kappa shape index (κ1) is 15.7. The first-order chi connectivity index (χ1) is 12.2. The van der Waals surface area contributed by atoms with Gasteiger partial charge in [0.1, 0.15) is 5.82 Å². The Morgan fingerprint density at radius 1 is 1.08 bits per heavy atom. The van der Waals surface area contributed by atoms with E-state index in [0.717, 1.165) is 34.8 Å². The number of hydrogen-bond acceptors (Lipinski definition) is 5. The average molecular weight is 349 g/mol. The predicted molar refractivity (Wildman–Crippen MR) is 104 cm³/mol. The maximum Gasteiger partial charge on any atom is 0.165 e. The zero-order valence-corrected chi connectivity index (χ0v) is 15.0. The third kappa shape index (κ3) is 2.96. The number of aromatic nitrogens is 3. The lowest BCUT2D eigenvalue weighted by Crippen LogP contribution is -2.09. The molecule has 0 atom stereocenters. The molecule has 4 rings (SSSR count). The van der Waals surface area contributed by atoms with Crippen LogP contribution in [-0.2, 0) is 6.54 Å². The van der Waals surface area contributed by atoms with Gasteiger partial charge >= 0.3 is 0 Å². The molecule has 0 unspecified atom stereocenters. The van der Waals surface area contributed by atoms with E-state index >= 15 is 0 Å². The van der Waals surface area contributed by atoms with Gasteiger partial charge in [0.25, 0.3) is 0 Å². The molecule has 0 aliphatic heterocycles. The monoisotopic (exact) mass is 349 g/mol. The zero-order valence-electron chi connectivity index (χ0n) is 14.2. The molecular weight excluding hydrogens is 330 g/mol. The Hall–Kier alpha value is -2.86. The van der Waals surface area contributed by atoms with E-state index in [1.54, 1.807) is 11.3 Å². The molecule has 0 radical (unpaired) electrons. The molecule has 1 N–H and O–H groups in total. The fraction of sp³-hybridized carbons (Fsp3) is 0.158. The summed E-state index contributed by atoms with van der Waals surface area (Å²) >= 11 is 1.74. The highest BCUT2D eigenvalue weighted by molar-refractivity contribution is 7.09. The van der Waals surface area contributed by atoms with Crippen molar-refractivity contribution in [2.24, 2.45) is 0 Å². The maximum atomic E-state index is 4.57. The number of thiophene rings is 1. The summed E-state index contributed by atoms with van der Waals surface area (Å²) in [7, 11) is 4.10. The van der Waals surface area contributed by atoms with E-state index in [2.05, 4.69) is 49.9 Å². The van der Waals surface area contributed by atoms with Crippen LogP contribution >= 0.6 is 11.3 Å². The molecule has 5 nitrogen and oxygen atoms in total. The van der Waals surface area contributed by atoms with Gasteiger partial charge in [-0.2, -0.15) is 9.61 Å². The van der Waals surface area contributed by atoms with Gasteiger partial charge in [0.2, 0.25) is 0 Å². The van der Waals surface area contributed by atoms with Crippen molar-refractivity contribution in [3.63, 3.8) is 0 Å². The van der Waals surface area contributed by atoms with Crippen LogP contribution in [-0.4, -0.2) is 28.7 Å². The second kappa shape index (κ2) is 6.57. The minimum Gasteiger partial charge on any atom is -0.377 e. The van der Waals surface area contributed by atoms with Gasteiger partial charge in [-0.3, -0.25) is 0 Å². The number of anilines is 2. The van der Waals surface area contributed by atoms with Gasteiger partial charge < -0.3 is 10.2 Å². The molecule has 6 heteroatoms. The van der Waals surface area contributed by atoms with Crippen molar-refractivity contribution < 1.29 is 0 Å². The second-order valence-corrected chi connectivity index (χ2v) is 7.00. The van der Waals surface area contributed by atoms with Crippen molar-refractivity contribution >= 4 is 28.5 Å². The Balaban J connectivity index is 1.74. The van der Waals surface area contributed by atoms with E-state index < -0.39 is 0 Å². The van der Waals surface area contributed by atoms with Crippen LogP contribution in [0.2, 0.25) is 0 Å². The van der Waals surface area contributed by atoms with E-state index in [9.17, 15) is 0 Å².